The Morgan fingerprint density at radius 2 is 0.470 bits per heavy atom. The fourth-order valence-corrected chi connectivity index (χ4v) is 9.01. The van der Waals surface area contributed by atoms with Crippen molar-refractivity contribution >= 4 is 17.9 Å². The summed E-state index contributed by atoms with van der Waals surface area (Å²) in [5.41, 5.74) is 0. The van der Waals surface area contributed by atoms with Crippen molar-refractivity contribution in [2.45, 2.75) is 297 Å². The fourth-order valence-electron chi connectivity index (χ4n) is 9.01. The van der Waals surface area contributed by atoms with Crippen LogP contribution in [-0.2, 0) is 28.6 Å². The van der Waals surface area contributed by atoms with Gasteiger partial charge in [-0.2, -0.15) is 0 Å². The van der Waals surface area contributed by atoms with Crippen LogP contribution < -0.4 is 0 Å². The van der Waals surface area contributed by atoms with E-state index in [4.69, 9.17) is 14.2 Å². The molecule has 6 heteroatoms. The van der Waals surface area contributed by atoms with E-state index in [1.807, 2.05) is 0 Å². The molecule has 0 bridgehead atoms. The molecule has 0 aromatic carbocycles. The Morgan fingerprint density at radius 1 is 0.253 bits per heavy atom. The third kappa shape index (κ3) is 67.7. The van der Waals surface area contributed by atoms with Gasteiger partial charge in [-0.15, -0.1) is 0 Å². The molecule has 0 aliphatic heterocycles. The Balaban J connectivity index is 4.07. The molecule has 0 N–H and O–H groups in total. The molecule has 0 heterocycles. The van der Waals surface area contributed by atoms with Gasteiger partial charge in [0.2, 0.25) is 0 Å². The predicted octanol–water partition coefficient (Wildman–Crippen LogP) is 23.7. The van der Waals surface area contributed by atoms with Crippen molar-refractivity contribution in [2.24, 2.45) is 0 Å². The zero-order valence-electron chi connectivity index (χ0n) is 53.7. The van der Waals surface area contributed by atoms with Gasteiger partial charge in [-0.1, -0.05) is 301 Å². The van der Waals surface area contributed by atoms with Crippen LogP contribution in [0.4, 0.5) is 0 Å². The molecule has 83 heavy (non-hydrogen) atoms. The first-order chi connectivity index (χ1) is 41.0. The van der Waals surface area contributed by atoms with Gasteiger partial charge in [-0.3, -0.25) is 14.4 Å². The smallest absolute Gasteiger partial charge is 0.306 e. The number of hydrogen-bond acceptors (Lipinski definition) is 6. The summed E-state index contributed by atoms with van der Waals surface area (Å²) in [5, 5.41) is 0. The number of hydrogen-bond donors (Lipinski definition) is 0. The van der Waals surface area contributed by atoms with Crippen LogP contribution in [0.5, 0.6) is 0 Å². The molecule has 0 aromatic heterocycles. The second-order valence-electron chi connectivity index (χ2n) is 22.0. The molecule has 0 aromatic rings. The third-order valence-electron chi connectivity index (χ3n) is 14.0. The molecule has 1 atom stereocenters. The van der Waals surface area contributed by atoms with Crippen molar-refractivity contribution in [1.29, 1.82) is 0 Å². The zero-order chi connectivity index (χ0) is 59.9. The average Bonchev–Trinajstić information content (AvgIpc) is 3.49. The van der Waals surface area contributed by atoms with Crippen LogP contribution in [0.1, 0.15) is 290 Å². The van der Waals surface area contributed by atoms with Gasteiger partial charge >= 0.3 is 17.9 Å². The van der Waals surface area contributed by atoms with Crippen molar-refractivity contribution in [2.75, 3.05) is 13.2 Å². The summed E-state index contributed by atoms with van der Waals surface area (Å²) >= 11 is 0. The lowest BCUT2D eigenvalue weighted by Gasteiger charge is -2.18. The van der Waals surface area contributed by atoms with Crippen LogP contribution in [0.25, 0.3) is 0 Å². The van der Waals surface area contributed by atoms with Crippen molar-refractivity contribution < 1.29 is 28.6 Å². The normalized spacial score (nSPS) is 13.1. The summed E-state index contributed by atoms with van der Waals surface area (Å²) in [6, 6.07) is 0. The average molecular weight is 1150 g/mol. The van der Waals surface area contributed by atoms with Gasteiger partial charge < -0.3 is 14.2 Å². The summed E-state index contributed by atoms with van der Waals surface area (Å²) in [7, 11) is 0. The monoisotopic (exact) mass is 1140 g/mol. The van der Waals surface area contributed by atoms with E-state index < -0.39 is 6.10 Å². The van der Waals surface area contributed by atoms with Gasteiger partial charge in [0.05, 0.1) is 0 Å². The van der Waals surface area contributed by atoms with Crippen LogP contribution in [-0.4, -0.2) is 37.2 Å². The van der Waals surface area contributed by atoms with E-state index in [2.05, 4.69) is 179 Å². The maximum atomic E-state index is 12.9. The van der Waals surface area contributed by atoms with E-state index in [0.29, 0.717) is 19.3 Å². The van der Waals surface area contributed by atoms with Gasteiger partial charge in [0, 0.05) is 19.3 Å². The quantitative estimate of drug-likeness (QED) is 0.0261. The van der Waals surface area contributed by atoms with Crippen molar-refractivity contribution in [3.8, 4) is 0 Å². The topological polar surface area (TPSA) is 78.9 Å². The van der Waals surface area contributed by atoms with Crippen LogP contribution in [0.15, 0.2) is 158 Å². The Labute approximate surface area is 511 Å². The minimum atomic E-state index is -0.787. The summed E-state index contributed by atoms with van der Waals surface area (Å²) in [4.78, 5) is 38.0. The van der Waals surface area contributed by atoms with E-state index in [1.165, 1.54) is 96.3 Å². The highest BCUT2D eigenvalue weighted by molar-refractivity contribution is 5.71. The van der Waals surface area contributed by atoms with Gasteiger partial charge in [-0.25, -0.2) is 0 Å². The molecule has 0 radical (unpaired) electrons. The van der Waals surface area contributed by atoms with E-state index in [-0.39, 0.29) is 31.1 Å². The van der Waals surface area contributed by atoms with E-state index >= 15 is 0 Å². The number of unbranched alkanes of at least 4 members (excludes halogenated alkanes) is 23. The minimum absolute atomic E-state index is 0.0867. The first kappa shape index (κ1) is 78.0. The molecular formula is C77H124O6. The zero-order valence-corrected chi connectivity index (χ0v) is 53.7. The Morgan fingerprint density at radius 3 is 0.735 bits per heavy atom. The number of carbonyl (C=O) groups excluding carboxylic acids is 3. The molecule has 0 aliphatic carbocycles. The van der Waals surface area contributed by atoms with Gasteiger partial charge in [0.25, 0.3) is 0 Å². The third-order valence-corrected chi connectivity index (χ3v) is 14.0. The second kappa shape index (κ2) is 69.5. The first-order valence-corrected chi connectivity index (χ1v) is 34.0. The number of allylic oxidation sites excluding steroid dienone is 26. The lowest BCUT2D eigenvalue weighted by atomic mass is 10.0. The summed E-state index contributed by atoms with van der Waals surface area (Å²) in [6.45, 7) is 6.32. The van der Waals surface area contributed by atoms with Gasteiger partial charge in [0.1, 0.15) is 13.2 Å². The number of esters is 3. The van der Waals surface area contributed by atoms with Crippen LogP contribution in [0.3, 0.4) is 0 Å². The van der Waals surface area contributed by atoms with E-state index in [9.17, 15) is 14.4 Å². The molecule has 468 valence electrons. The van der Waals surface area contributed by atoms with Crippen molar-refractivity contribution in [3.63, 3.8) is 0 Å². The maximum Gasteiger partial charge on any atom is 0.306 e. The molecule has 0 amide bonds. The van der Waals surface area contributed by atoms with Crippen molar-refractivity contribution in [1.82, 2.24) is 0 Å². The molecule has 6 nitrogen and oxygen atoms in total. The van der Waals surface area contributed by atoms with E-state index in [0.717, 1.165) is 154 Å². The number of rotatable bonds is 60. The fraction of sp³-hybridized carbons (Fsp3) is 0.623. The second-order valence-corrected chi connectivity index (χ2v) is 22.0. The molecule has 1 unspecified atom stereocenters. The number of carbonyl (C=O) groups is 3. The largest absolute Gasteiger partial charge is 0.462 e. The first-order valence-electron chi connectivity index (χ1n) is 34.0. The SMILES string of the molecule is CC/C=C\C/C=C\C/C=C\C/C=C\C/C=C\C/C=C\C/C=C\CCCCCCCCCCCCCC(=O)OCC(COC(=O)CCCCCCC)OC(=O)CCCCCCCCCC/C=C\C/C=C\C/C=C\C/C=C\C/C=C\C/C=C\CC. The summed E-state index contributed by atoms with van der Waals surface area (Å²) in [6.07, 6.45) is 102. The summed E-state index contributed by atoms with van der Waals surface area (Å²) < 4.78 is 16.8. The molecule has 0 saturated heterocycles. The van der Waals surface area contributed by atoms with Gasteiger partial charge in [0.15, 0.2) is 6.10 Å². The molecular weight excluding hydrogens is 1020 g/mol. The predicted molar refractivity (Wildman–Crippen MR) is 362 cm³/mol. The lowest BCUT2D eigenvalue weighted by molar-refractivity contribution is -0.167. The van der Waals surface area contributed by atoms with Crippen LogP contribution in [0, 0.1) is 0 Å². The standard InChI is InChI=1S/C77H124O6/c1-4-7-10-13-15-17-19-21-23-25-27-29-31-33-35-36-37-38-39-40-42-43-45-47-49-51-53-55-57-59-61-64-67-70-76(79)82-73-74(72-81-75(78)69-66-63-12-9-6-3)83-77(80)71-68-65-62-60-58-56-54-52-50-48-46-44-41-34-32-30-28-26-24-22-20-18-16-14-11-8-5-2/h7-8,10-11,15-18,21-24,27-30,33-35,37-38,40-42,46,48,74H,4-6,9,12-14,19-20,25-26,31-32,36,39,43-45,47,49-73H2,1-3H3/b10-7-,11-8-,17-15-,18-16-,23-21-,24-22-,29-27-,30-28-,35-33-,38-37-,41-34-,42-40-,48-46-. The highest BCUT2D eigenvalue weighted by Crippen LogP contribution is 2.16. The van der Waals surface area contributed by atoms with Crippen molar-refractivity contribution in [3.05, 3.63) is 158 Å². The highest BCUT2D eigenvalue weighted by Gasteiger charge is 2.19. The summed E-state index contributed by atoms with van der Waals surface area (Å²) in [5.74, 6) is -0.912. The molecule has 0 rings (SSSR count). The Hall–Kier alpha value is -4.97. The van der Waals surface area contributed by atoms with Crippen LogP contribution >= 0.6 is 0 Å². The van der Waals surface area contributed by atoms with E-state index in [1.54, 1.807) is 0 Å². The molecule has 0 saturated carbocycles. The maximum absolute atomic E-state index is 12.9. The lowest BCUT2D eigenvalue weighted by Crippen LogP contribution is -2.30. The number of ether oxygens (including phenoxy) is 3. The minimum Gasteiger partial charge on any atom is -0.462 e. The Kier molecular flexibility index (Phi) is 65.4. The molecule has 0 aliphatic rings. The Bertz CT molecular complexity index is 1840. The van der Waals surface area contributed by atoms with Gasteiger partial charge in [-0.05, 0) is 128 Å². The molecule has 0 spiro atoms. The highest BCUT2D eigenvalue weighted by atomic mass is 16.6. The molecule has 0 fully saturated rings. The van der Waals surface area contributed by atoms with Crippen LogP contribution in [0.2, 0.25) is 0 Å².